The number of hydrogen-bond donors (Lipinski definition) is 2. The third-order valence-corrected chi connectivity index (χ3v) is 6.74. The summed E-state index contributed by atoms with van der Waals surface area (Å²) in [6, 6.07) is 18.9. The number of rotatable bonds is 12. The first-order chi connectivity index (χ1) is 17.7. The van der Waals surface area contributed by atoms with Crippen LogP contribution in [0.15, 0.2) is 85.2 Å². The van der Waals surface area contributed by atoms with Crippen molar-refractivity contribution >= 4 is 17.0 Å². The van der Waals surface area contributed by atoms with Gasteiger partial charge in [-0.05, 0) is 49.7 Å². The van der Waals surface area contributed by atoms with E-state index < -0.39 is 0 Å². The maximum absolute atomic E-state index is 4.79. The summed E-state index contributed by atoms with van der Waals surface area (Å²) in [7, 11) is 0. The van der Waals surface area contributed by atoms with Gasteiger partial charge in [0.25, 0.3) is 0 Å². The second-order valence-corrected chi connectivity index (χ2v) is 9.37. The SMILES string of the molecule is C/C=C\C=C/C(C)C(CCCCCNc1nc(-c2ccccc2)nc2nc[nH]c12)c1ccccc1C. The Kier molecular flexibility index (Phi) is 9.03. The molecule has 0 amide bonds. The topological polar surface area (TPSA) is 66.5 Å². The summed E-state index contributed by atoms with van der Waals surface area (Å²) in [5, 5.41) is 3.53. The van der Waals surface area contributed by atoms with Gasteiger partial charge < -0.3 is 10.3 Å². The normalized spacial score (nSPS) is 13.5. The van der Waals surface area contributed by atoms with Gasteiger partial charge >= 0.3 is 0 Å². The Labute approximate surface area is 214 Å². The van der Waals surface area contributed by atoms with Crippen LogP contribution < -0.4 is 5.32 Å². The van der Waals surface area contributed by atoms with Crippen molar-refractivity contribution in [3.05, 3.63) is 96.4 Å². The zero-order valence-corrected chi connectivity index (χ0v) is 21.6. The van der Waals surface area contributed by atoms with Crippen LogP contribution in [0.3, 0.4) is 0 Å². The molecule has 0 aliphatic heterocycles. The van der Waals surface area contributed by atoms with E-state index in [1.807, 2.05) is 30.3 Å². The molecule has 0 aliphatic carbocycles. The molecule has 0 saturated carbocycles. The molecule has 5 nitrogen and oxygen atoms in total. The summed E-state index contributed by atoms with van der Waals surface area (Å²) < 4.78 is 0. The number of aromatic amines is 1. The van der Waals surface area contributed by atoms with Gasteiger partial charge in [0.1, 0.15) is 5.52 Å². The molecule has 0 aliphatic rings. The molecule has 2 heterocycles. The van der Waals surface area contributed by atoms with Crippen molar-refractivity contribution in [1.82, 2.24) is 19.9 Å². The van der Waals surface area contributed by atoms with Gasteiger partial charge in [-0.3, -0.25) is 0 Å². The van der Waals surface area contributed by atoms with Gasteiger partial charge in [-0.15, -0.1) is 0 Å². The van der Waals surface area contributed by atoms with E-state index in [0.717, 1.165) is 29.9 Å². The lowest BCUT2D eigenvalue weighted by Gasteiger charge is -2.24. The predicted molar refractivity (Wildman–Crippen MR) is 151 cm³/mol. The van der Waals surface area contributed by atoms with Crippen molar-refractivity contribution in [3.63, 3.8) is 0 Å². The molecule has 0 radical (unpaired) electrons. The Balaban J connectivity index is 1.35. The van der Waals surface area contributed by atoms with Crippen molar-refractivity contribution in [2.75, 3.05) is 11.9 Å². The maximum Gasteiger partial charge on any atom is 0.183 e. The minimum atomic E-state index is 0.492. The molecule has 2 aromatic carbocycles. The first kappa shape index (κ1) is 25.4. The van der Waals surface area contributed by atoms with Crippen LogP contribution in [0.4, 0.5) is 5.82 Å². The van der Waals surface area contributed by atoms with E-state index in [1.54, 1.807) is 6.33 Å². The number of benzene rings is 2. The zero-order chi connectivity index (χ0) is 25.2. The Morgan fingerprint density at radius 3 is 2.56 bits per heavy atom. The van der Waals surface area contributed by atoms with E-state index in [-0.39, 0.29) is 0 Å². The highest BCUT2D eigenvalue weighted by Crippen LogP contribution is 2.33. The van der Waals surface area contributed by atoms with E-state index in [0.29, 0.717) is 23.3 Å². The Morgan fingerprint density at radius 1 is 0.944 bits per heavy atom. The third-order valence-electron chi connectivity index (χ3n) is 6.74. The van der Waals surface area contributed by atoms with Gasteiger partial charge in [-0.1, -0.05) is 98.7 Å². The highest BCUT2D eigenvalue weighted by atomic mass is 15.1. The number of H-pyrrole nitrogens is 1. The fourth-order valence-electron chi connectivity index (χ4n) is 4.74. The van der Waals surface area contributed by atoms with E-state index in [9.17, 15) is 0 Å². The maximum atomic E-state index is 4.79. The van der Waals surface area contributed by atoms with Crippen LogP contribution in [0.5, 0.6) is 0 Å². The van der Waals surface area contributed by atoms with Gasteiger partial charge in [0.2, 0.25) is 0 Å². The molecule has 0 fully saturated rings. The van der Waals surface area contributed by atoms with E-state index in [4.69, 9.17) is 4.98 Å². The third kappa shape index (κ3) is 6.48. The minimum absolute atomic E-state index is 0.492. The Bertz CT molecular complexity index is 1290. The quantitative estimate of drug-likeness (QED) is 0.160. The van der Waals surface area contributed by atoms with Crippen LogP contribution in [0.25, 0.3) is 22.6 Å². The molecule has 2 atom stereocenters. The average molecular weight is 480 g/mol. The summed E-state index contributed by atoms with van der Waals surface area (Å²) in [5.74, 6) is 2.53. The molecule has 0 saturated heterocycles. The Morgan fingerprint density at radius 2 is 1.75 bits per heavy atom. The fourth-order valence-corrected chi connectivity index (χ4v) is 4.74. The van der Waals surface area contributed by atoms with Crippen LogP contribution in [-0.2, 0) is 0 Å². The van der Waals surface area contributed by atoms with Crippen molar-refractivity contribution in [1.29, 1.82) is 0 Å². The van der Waals surface area contributed by atoms with Crippen molar-refractivity contribution in [3.8, 4) is 11.4 Å². The zero-order valence-electron chi connectivity index (χ0n) is 21.6. The highest BCUT2D eigenvalue weighted by Gasteiger charge is 2.18. The predicted octanol–water partition coefficient (Wildman–Crippen LogP) is 7.85. The van der Waals surface area contributed by atoms with Crippen molar-refractivity contribution in [2.24, 2.45) is 5.92 Å². The lowest BCUT2D eigenvalue weighted by atomic mass is 9.81. The van der Waals surface area contributed by atoms with Crippen molar-refractivity contribution in [2.45, 2.75) is 52.4 Å². The van der Waals surface area contributed by atoms with E-state index in [2.05, 4.69) is 89.6 Å². The molecule has 2 N–H and O–H groups in total. The number of aryl methyl sites for hydroxylation is 1. The molecule has 5 heteroatoms. The lowest BCUT2D eigenvalue weighted by Crippen LogP contribution is -2.10. The molecule has 36 heavy (non-hydrogen) atoms. The van der Waals surface area contributed by atoms with Crippen molar-refractivity contribution < 1.29 is 0 Å². The van der Waals surface area contributed by atoms with Crippen LogP contribution in [0.1, 0.15) is 56.6 Å². The van der Waals surface area contributed by atoms with Gasteiger partial charge in [0, 0.05) is 12.1 Å². The largest absolute Gasteiger partial charge is 0.368 e. The fraction of sp³-hybridized carbons (Fsp3) is 0.323. The molecule has 2 unspecified atom stereocenters. The number of unbranched alkanes of at least 4 members (excludes halogenated alkanes) is 2. The average Bonchev–Trinajstić information content (AvgIpc) is 3.38. The number of nitrogens with one attached hydrogen (secondary N) is 2. The highest BCUT2D eigenvalue weighted by molar-refractivity contribution is 5.84. The number of anilines is 1. The van der Waals surface area contributed by atoms with E-state index >= 15 is 0 Å². The molecule has 4 aromatic rings. The van der Waals surface area contributed by atoms with Gasteiger partial charge in [0.15, 0.2) is 17.3 Å². The minimum Gasteiger partial charge on any atom is -0.368 e. The second-order valence-electron chi connectivity index (χ2n) is 9.37. The van der Waals surface area contributed by atoms with Crippen LogP contribution in [0.2, 0.25) is 0 Å². The van der Waals surface area contributed by atoms with Crippen LogP contribution in [0, 0.1) is 12.8 Å². The first-order valence-electron chi connectivity index (χ1n) is 13.0. The van der Waals surface area contributed by atoms with Crippen LogP contribution >= 0.6 is 0 Å². The monoisotopic (exact) mass is 479 g/mol. The smallest absolute Gasteiger partial charge is 0.183 e. The summed E-state index contributed by atoms with van der Waals surface area (Å²) in [5.41, 5.74) is 5.40. The molecule has 186 valence electrons. The van der Waals surface area contributed by atoms with Crippen LogP contribution in [-0.4, -0.2) is 26.5 Å². The van der Waals surface area contributed by atoms with Gasteiger partial charge in [0.05, 0.1) is 6.33 Å². The molecule has 2 aromatic heterocycles. The van der Waals surface area contributed by atoms with Gasteiger partial charge in [-0.2, -0.15) is 0 Å². The number of nitrogens with zero attached hydrogens (tertiary/aromatic N) is 3. The first-order valence-corrected chi connectivity index (χ1v) is 13.0. The lowest BCUT2D eigenvalue weighted by molar-refractivity contribution is 0.478. The summed E-state index contributed by atoms with van der Waals surface area (Å²) in [4.78, 5) is 17.0. The second kappa shape index (κ2) is 12.8. The number of hydrogen-bond acceptors (Lipinski definition) is 4. The number of allylic oxidation sites excluding steroid dienone is 4. The molecule has 0 spiro atoms. The number of imidazole rings is 1. The van der Waals surface area contributed by atoms with Gasteiger partial charge in [-0.25, -0.2) is 15.0 Å². The summed E-state index contributed by atoms with van der Waals surface area (Å²) in [6.07, 6.45) is 15.0. The Hall–Kier alpha value is -3.73. The number of aromatic nitrogens is 4. The number of fused-ring (bicyclic) bond motifs is 1. The molecule has 4 rings (SSSR count). The standard InChI is InChI=1S/C31H37N5/c1-4-5-8-15-23(2)26(27-20-13-12-16-24(27)3)19-11-7-14-21-32-30-28-31(34-22-33-28)36-29(35-30)25-17-9-6-10-18-25/h4-6,8-10,12-13,15-18,20,22-23,26H,7,11,14,19,21H2,1-3H3,(H2,32,33,34,35,36)/b5-4-,15-8-. The molecular formula is C31H37N5. The summed E-state index contributed by atoms with van der Waals surface area (Å²) in [6.45, 7) is 7.50. The molecular weight excluding hydrogens is 442 g/mol. The van der Waals surface area contributed by atoms with E-state index in [1.165, 1.54) is 30.4 Å². The molecule has 0 bridgehead atoms. The summed E-state index contributed by atoms with van der Waals surface area (Å²) >= 11 is 0.